The first kappa shape index (κ1) is 20.7. The van der Waals surface area contributed by atoms with E-state index in [-0.39, 0.29) is 18.4 Å². The number of nitrogens with one attached hydrogen (secondary N) is 2. The summed E-state index contributed by atoms with van der Waals surface area (Å²) in [5, 5.41) is 5.79. The summed E-state index contributed by atoms with van der Waals surface area (Å²) < 4.78 is 18.4. The fourth-order valence-electron chi connectivity index (χ4n) is 2.35. The van der Waals surface area contributed by atoms with E-state index in [2.05, 4.69) is 10.6 Å². The lowest BCUT2D eigenvalue weighted by atomic mass is 10.2. The molecule has 2 aromatic rings. The molecule has 1 atom stereocenters. The molecule has 0 aromatic heterocycles. The molecule has 0 aliphatic heterocycles. The summed E-state index contributed by atoms with van der Waals surface area (Å²) in [6, 6.07) is 9.89. The molecule has 0 saturated carbocycles. The third kappa shape index (κ3) is 5.94. The molecule has 144 valence electrons. The molecule has 0 aliphatic rings. The van der Waals surface area contributed by atoms with E-state index >= 15 is 0 Å². The molecule has 6 nitrogen and oxygen atoms in total. The maximum Gasteiger partial charge on any atom is 0.241 e. The van der Waals surface area contributed by atoms with Gasteiger partial charge >= 0.3 is 0 Å². The van der Waals surface area contributed by atoms with Crippen molar-refractivity contribution >= 4 is 34.8 Å². The first-order valence-electron chi connectivity index (χ1n) is 8.20. The van der Waals surface area contributed by atoms with Crippen LogP contribution < -0.4 is 15.4 Å². The summed E-state index contributed by atoms with van der Waals surface area (Å²) in [5.74, 6) is -0.643. The van der Waals surface area contributed by atoms with Crippen molar-refractivity contribution in [2.75, 3.05) is 31.3 Å². The van der Waals surface area contributed by atoms with Crippen LogP contribution in [0.25, 0.3) is 0 Å². The van der Waals surface area contributed by atoms with Crippen LogP contribution in [0.3, 0.4) is 0 Å². The molecule has 2 N–H and O–H groups in total. The van der Waals surface area contributed by atoms with E-state index in [1.807, 2.05) is 0 Å². The van der Waals surface area contributed by atoms with Crippen molar-refractivity contribution in [3.8, 4) is 5.75 Å². The van der Waals surface area contributed by atoms with Crippen LogP contribution in [-0.4, -0.2) is 43.5 Å². The van der Waals surface area contributed by atoms with Gasteiger partial charge in [-0.2, -0.15) is 0 Å². The lowest BCUT2D eigenvalue weighted by Gasteiger charge is -2.23. The predicted octanol–water partition coefficient (Wildman–Crippen LogP) is 3.39. The molecule has 0 heterocycles. The van der Waals surface area contributed by atoms with E-state index in [9.17, 15) is 14.0 Å². The molecule has 0 aliphatic carbocycles. The Morgan fingerprint density at radius 2 is 1.96 bits per heavy atom. The van der Waals surface area contributed by atoms with Gasteiger partial charge in [0.05, 0.1) is 25.4 Å². The normalized spacial score (nSPS) is 11.8. The average molecular weight is 394 g/mol. The van der Waals surface area contributed by atoms with Crippen molar-refractivity contribution in [1.82, 2.24) is 4.90 Å². The number of methoxy groups -OCH3 is 1. The fraction of sp³-hybridized carbons (Fsp3) is 0.263. The second-order valence-electron chi connectivity index (χ2n) is 5.98. The lowest BCUT2D eigenvalue weighted by Crippen LogP contribution is -2.43. The van der Waals surface area contributed by atoms with Gasteiger partial charge in [0.1, 0.15) is 11.6 Å². The van der Waals surface area contributed by atoms with Gasteiger partial charge < -0.3 is 15.4 Å². The molecule has 0 unspecified atom stereocenters. The van der Waals surface area contributed by atoms with Crippen LogP contribution in [0.15, 0.2) is 42.5 Å². The zero-order valence-corrected chi connectivity index (χ0v) is 16.0. The number of benzene rings is 2. The Labute approximate surface area is 162 Å². The summed E-state index contributed by atoms with van der Waals surface area (Å²) in [4.78, 5) is 26.2. The number of ether oxygens (including phenoxy) is 1. The van der Waals surface area contributed by atoms with Crippen molar-refractivity contribution in [1.29, 1.82) is 0 Å². The van der Waals surface area contributed by atoms with E-state index < -0.39 is 11.9 Å². The zero-order chi connectivity index (χ0) is 20.0. The molecule has 0 bridgehead atoms. The number of carbonyl (C=O) groups excluding carboxylic acids is 2. The Bertz CT molecular complexity index is 832. The van der Waals surface area contributed by atoms with Gasteiger partial charge in [0.25, 0.3) is 0 Å². The van der Waals surface area contributed by atoms with E-state index in [1.54, 1.807) is 43.1 Å². The molecule has 0 fully saturated rings. The minimum absolute atomic E-state index is 0.0439. The molecular weight excluding hydrogens is 373 g/mol. The van der Waals surface area contributed by atoms with Crippen LogP contribution in [0.5, 0.6) is 5.75 Å². The molecular formula is C19H21ClFN3O3. The number of anilines is 2. The number of hydrogen-bond donors (Lipinski definition) is 2. The van der Waals surface area contributed by atoms with Crippen LogP contribution in [0.1, 0.15) is 6.92 Å². The summed E-state index contributed by atoms with van der Waals surface area (Å²) in [6.07, 6.45) is 0. The van der Waals surface area contributed by atoms with Gasteiger partial charge in [-0.3, -0.25) is 14.5 Å². The minimum atomic E-state index is -0.605. The average Bonchev–Trinajstić information content (AvgIpc) is 2.61. The highest BCUT2D eigenvalue weighted by Gasteiger charge is 2.21. The van der Waals surface area contributed by atoms with Gasteiger partial charge in [0.2, 0.25) is 11.8 Å². The van der Waals surface area contributed by atoms with Crippen molar-refractivity contribution in [3.05, 3.63) is 53.3 Å². The number of amides is 2. The van der Waals surface area contributed by atoms with Crippen molar-refractivity contribution < 1.29 is 18.7 Å². The van der Waals surface area contributed by atoms with Crippen LogP contribution in [0.4, 0.5) is 15.8 Å². The summed E-state index contributed by atoms with van der Waals surface area (Å²) in [7, 11) is 3.13. The Hall–Kier alpha value is -2.64. The number of nitrogens with zero attached hydrogens (tertiary/aromatic N) is 1. The highest BCUT2D eigenvalue weighted by Crippen LogP contribution is 2.27. The summed E-state index contributed by atoms with van der Waals surface area (Å²) >= 11 is 5.96. The third-order valence-electron chi connectivity index (χ3n) is 3.96. The van der Waals surface area contributed by atoms with Crippen molar-refractivity contribution in [3.63, 3.8) is 0 Å². The SMILES string of the molecule is COc1ccc(Cl)cc1NC(=O)[C@@H](C)N(C)CC(=O)Nc1cccc(F)c1. The number of halogens is 2. The Balaban J connectivity index is 1.95. The number of rotatable bonds is 7. The molecule has 27 heavy (non-hydrogen) atoms. The van der Waals surface area contributed by atoms with E-state index in [1.165, 1.54) is 25.3 Å². The van der Waals surface area contributed by atoms with Gasteiger partial charge in [-0.25, -0.2) is 4.39 Å². The quantitative estimate of drug-likeness (QED) is 0.756. The molecule has 2 rings (SSSR count). The van der Waals surface area contributed by atoms with E-state index in [0.29, 0.717) is 22.1 Å². The van der Waals surface area contributed by atoms with Gasteiger partial charge in [-0.15, -0.1) is 0 Å². The Kier molecular flexibility index (Phi) is 7.15. The van der Waals surface area contributed by atoms with Gasteiger partial charge in [0.15, 0.2) is 0 Å². The Morgan fingerprint density at radius 1 is 1.22 bits per heavy atom. The topological polar surface area (TPSA) is 70.7 Å². The van der Waals surface area contributed by atoms with Gasteiger partial charge in [-0.1, -0.05) is 17.7 Å². The molecule has 0 saturated heterocycles. The largest absolute Gasteiger partial charge is 0.495 e. The molecule has 2 aromatic carbocycles. The van der Waals surface area contributed by atoms with Crippen LogP contribution in [-0.2, 0) is 9.59 Å². The molecule has 0 spiro atoms. The maximum absolute atomic E-state index is 13.2. The summed E-state index contributed by atoms with van der Waals surface area (Å²) in [6.45, 7) is 1.62. The van der Waals surface area contributed by atoms with Crippen LogP contribution >= 0.6 is 11.6 Å². The second kappa shape index (κ2) is 9.34. The maximum atomic E-state index is 13.2. The van der Waals surface area contributed by atoms with Crippen molar-refractivity contribution in [2.45, 2.75) is 13.0 Å². The second-order valence-corrected chi connectivity index (χ2v) is 6.42. The third-order valence-corrected chi connectivity index (χ3v) is 4.20. The monoisotopic (exact) mass is 393 g/mol. The smallest absolute Gasteiger partial charge is 0.241 e. The number of hydrogen-bond acceptors (Lipinski definition) is 4. The molecule has 0 radical (unpaired) electrons. The fourth-order valence-corrected chi connectivity index (χ4v) is 2.52. The first-order valence-corrected chi connectivity index (χ1v) is 8.58. The predicted molar refractivity (Wildman–Crippen MR) is 104 cm³/mol. The number of carbonyl (C=O) groups is 2. The van der Waals surface area contributed by atoms with E-state index in [4.69, 9.17) is 16.3 Å². The van der Waals surface area contributed by atoms with Crippen molar-refractivity contribution in [2.24, 2.45) is 0 Å². The Morgan fingerprint density at radius 3 is 2.63 bits per heavy atom. The zero-order valence-electron chi connectivity index (χ0n) is 15.3. The van der Waals surface area contributed by atoms with Crippen LogP contribution in [0.2, 0.25) is 5.02 Å². The van der Waals surface area contributed by atoms with E-state index in [0.717, 1.165) is 0 Å². The summed E-state index contributed by atoms with van der Waals surface area (Å²) in [5.41, 5.74) is 0.800. The first-order chi connectivity index (χ1) is 12.8. The van der Waals surface area contributed by atoms with Gasteiger partial charge in [-0.05, 0) is 50.4 Å². The number of likely N-dealkylation sites (N-methyl/N-ethyl adjacent to an activating group) is 1. The van der Waals surface area contributed by atoms with Gasteiger partial charge in [0, 0.05) is 10.7 Å². The highest BCUT2D eigenvalue weighted by atomic mass is 35.5. The standard InChI is InChI=1S/C19H21ClFN3O3/c1-12(19(26)23-16-9-13(20)7-8-17(16)27-3)24(2)11-18(25)22-15-6-4-5-14(21)10-15/h4-10,12H,11H2,1-3H3,(H,22,25)(H,23,26)/t12-/m1/s1. The molecule has 8 heteroatoms. The minimum Gasteiger partial charge on any atom is -0.495 e. The highest BCUT2D eigenvalue weighted by molar-refractivity contribution is 6.31. The lowest BCUT2D eigenvalue weighted by molar-refractivity contribution is -0.122. The molecule has 2 amide bonds. The van der Waals surface area contributed by atoms with Crippen LogP contribution in [0, 0.1) is 5.82 Å².